The Morgan fingerprint density at radius 3 is 2.67 bits per heavy atom. The van der Waals surface area contributed by atoms with Crippen LogP contribution < -0.4 is 10.6 Å². The zero-order chi connectivity index (χ0) is 15.3. The Bertz CT molecular complexity index is 488. The molecule has 0 unspecified atom stereocenters. The number of alkyl halides is 3. The lowest BCUT2D eigenvalue weighted by Gasteiger charge is -2.25. The Labute approximate surface area is 121 Å². The molecule has 6 heteroatoms. The molecule has 0 spiro atoms. The second-order valence-corrected chi connectivity index (χ2v) is 5.27. The highest BCUT2D eigenvalue weighted by atomic mass is 19.4. The summed E-state index contributed by atoms with van der Waals surface area (Å²) in [6.07, 6.45) is -3.90. The van der Waals surface area contributed by atoms with E-state index in [1.807, 2.05) is 24.3 Å². The molecule has 1 amide bonds. The molecule has 0 radical (unpaired) electrons. The summed E-state index contributed by atoms with van der Waals surface area (Å²) >= 11 is 0. The number of amides is 1. The van der Waals surface area contributed by atoms with Crippen LogP contribution in [0.15, 0.2) is 24.3 Å². The number of fused-ring (bicyclic) bond motifs is 1. The average Bonchev–Trinajstić information content (AvgIpc) is 2.45. The quantitative estimate of drug-likeness (QED) is 0.821. The SMILES string of the molecule is O=C(NCCCCC(F)(F)F)[C@H]1Cc2ccccc2CN1. The number of benzene rings is 1. The summed E-state index contributed by atoms with van der Waals surface area (Å²) in [5, 5.41) is 5.85. The molecule has 1 aliphatic heterocycles. The van der Waals surface area contributed by atoms with Gasteiger partial charge in [0.15, 0.2) is 0 Å². The van der Waals surface area contributed by atoms with Crippen LogP contribution in [0.1, 0.15) is 30.4 Å². The van der Waals surface area contributed by atoms with Crippen molar-refractivity contribution in [2.45, 2.75) is 44.4 Å². The number of carbonyl (C=O) groups is 1. The zero-order valence-corrected chi connectivity index (χ0v) is 11.7. The van der Waals surface area contributed by atoms with Crippen LogP contribution in [0.2, 0.25) is 0 Å². The predicted molar refractivity (Wildman–Crippen MR) is 73.7 cm³/mol. The van der Waals surface area contributed by atoms with Crippen LogP contribution in [-0.4, -0.2) is 24.7 Å². The van der Waals surface area contributed by atoms with E-state index in [0.29, 0.717) is 19.4 Å². The molecule has 21 heavy (non-hydrogen) atoms. The molecular formula is C15H19F3N2O. The molecule has 0 fully saturated rings. The molecule has 116 valence electrons. The summed E-state index contributed by atoms with van der Waals surface area (Å²) in [6, 6.07) is 7.62. The fourth-order valence-electron chi connectivity index (χ4n) is 2.42. The van der Waals surface area contributed by atoms with E-state index in [-0.39, 0.29) is 24.9 Å². The Morgan fingerprint density at radius 1 is 1.24 bits per heavy atom. The van der Waals surface area contributed by atoms with E-state index in [9.17, 15) is 18.0 Å². The molecule has 0 saturated heterocycles. The summed E-state index contributed by atoms with van der Waals surface area (Å²) in [4.78, 5) is 12.0. The van der Waals surface area contributed by atoms with E-state index in [2.05, 4.69) is 10.6 Å². The van der Waals surface area contributed by atoms with Gasteiger partial charge in [-0.05, 0) is 30.4 Å². The molecule has 1 aliphatic rings. The smallest absolute Gasteiger partial charge is 0.355 e. The summed E-state index contributed by atoms with van der Waals surface area (Å²) < 4.78 is 35.9. The van der Waals surface area contributed by atoms with E-state index < -0.39 is 12.6 Å². The highest BCUT2D eigenvalue weighted by Crippen LogP contribution is 2.22. The van der Waals surface area contributed by atoms with E-state index >= 15 is 0 Å². The van der Waals surface area contributed by atoms with Crippen LogP contribution in [-0.2, 0) is 17.8 Å². The summed E-state index contributed by atoms with van der Waals surface area (Å²) in [5.41, 5.74) is 2.33. The standard InChI is InChI=1S/C15H19F3N2O/c16-15(17,18)7-3-4-8-19-14(21)13-9-11-5-1-2-6-12(11)10-20-13/h1-2,5-6,13,20H,3-4,7-10H2,(H,19,21)/t13-/m1/s1. The van der Waals surface area contributed by atoms with Crippen LogP contribution in [0, 0.1) is 0 Å². The van der Waals surface area contributed by atoms with Crippen molar-refractivity contribution < 1.29 is 18.0 Å². The molecule has 1 aromatic rings. The lowest BCUT2D eigenvalue weighted by atomic mass is 9.95. The topological polar surface area (TPSA) is 41.1 Å². The van der Waals surface area contributed by atoms with Crippen LogP contribution in [0.4, 0.5) is 13.2 Å². The maximum absolute atomic E-state index is 12.0. The van der Waals surface area contributed by atoms with Gasteiger partial charge in [-0.25, -0.2) is 0 Å². The largest absolute Gasteiger partial charge is 0.389 e. The van der Waals surface area contributed by atoms with E-state index in [0.717, 1.165) is 5.56 Å². The van der Waals surface area contributed by atoms with Crippen molar-refractivity contribution in [3.8, 4) is 0 Å². The maximum atomic E-state index is 12.0. The van der Waals surface area contributed by atoms with Gasteiger partial charge in [0.1, 0.15) is 0 Å². The number of halogens is 3. The molecular weight excluding hydrogens is 281 g/mol. The summed E-state index contributed by atoms with van der Waals surface area (Å²) in [5.74, 6) is -0.142. The Balaban J connectivity index is 1.70. The van der Waals surface area contributed by atoms with Gasteiger partial charge in [-0.15, -0.1) is 0 Å². The molecule has 1 heterocycles. The average molecular weight is 300 g/mol. The summed E-state index contributed by atoms with van der Waals surface area (Å²) in [6.45, 7) is 0.928. The van der Waals surface area contributed by atoms with E-state index in [4.69, 9.17) is 0 Å². The predicted octanol–water partition coefficient (Wildman–Crippen LogP) is 2.55. The number of carbonyl (C=O) groups excluding carboxylic acids is 1. The van der Waals surface area contributed by atoms with Crippen molar-refractivity contribution >= 4 is 5.91 Å². The van der Waals surface area contributed by atoms with Crippen LogP contribution in [0.3, 0.4) is 0 Å². The second-order valence-electron chi connectivity index (χ2n) is 5.27. The third kappa shape index (κ3) is 5.04. The van der Waals surface area contributed by atoms with Crippen molar-refractivity contribution in [1.82, 2.24) is 10.6 Å². The first-order valence-corrected chi connectivity index (χ1v) is 7.10. The molecule has 0 saturated carbocycles. The summed E-state index contributed by atoms with van der Waals surface area (Å²) in [7, 11) is 0. The fraction of sp³-hybridized carbons (Fsp3) is 0.533. The number of hydrogen-bond donors (Lipinski definition) is 2. The van der Waals surface area contributed by atoms with Crippen molar-refractivity contribution in [1.29, 1.82) is 0 Å². The molecule has 3 nitrogen and oxygen atoms in total. The molecule has 0 aromatic heterocycles. The lowest BCUT2D eigenvalue weighted by Crippen LogP contribution is -2.47. The fourth-order valence-corrected chi connectivity index (χ4v) is 2.42. The minimum Gasteiger partial charge on any atom is -0.355 e. The van der Waals surface area contributed by atoms with E-state index in [1.165, 1.54) is 5.56 Å². The Kier molecular flexibility index (Phi) is 5.22. The van der Waals surface area contributed by atoms with Gasteiger partial charge in [0, 0.05) is 19.5 Å². The molecule has 1 atom stereocenters. The third-order valence-electron chi connectivity index (χ3n) is 3.58. The number of unbranched alkanes of at least 4 members (excludes halogenated alkanes) is 1. The highest BCUT2D eigenvalue weighted by molar-refractivity contribution is 5.82. The lowest BCUT2D eigenvalue weighted by molar-refractivity contribution is -0.135. The number of hydrogen-bond acceptors (Lipinski definition) is 2. The third-order valence-corrected chi connectivity index (χ3v) is 3.58. The van der Waals surface area contributed by atoms with Gasteiger partial charge in [0.05, 0.1) is 6.04 Å². The maximum Gasteiger partial charge on any atom is 0.389 e. The normalized spacial score (nSPS) is 18.1. The van der Waals surface area contributed by atoms with Gasteiger partial charge in [-0.2, -0.15) is 13.2 Å². The minimum atomic E-state index is -4.11. The molecule has 1 aromatic carbocycles. The van der Waals surface area contributed by atoms with Gasteiger partial charge < -0.3 is 10.6 Å². The Morgan fingerprint density at radius 2 is 1.95 bits per heavy atom. The van der Waals surface area contributed by atoms with Crippen LogP contribution >= 0.6 is 0 Å². The number of nitrogens with one attached hydrogen (secondary N) is 2. The van der Waals surface area contributed by atoms with Gasteiger partial charge >= 0.3 is 6.18 Å². The van der Waals surface area contributed by atoms with Crippen LogP contribution in [0.25, 0.3) is 0 Å². The van der Waals surface area contributed by atoms with Gasteiger partial charge in [-0.3, -0.25) is 4.79 Å². The van der Waals surface area contributed by atoms with Crippen LogP contribution in [0.5, 0.6) is 0 Å². The zero-order valence-electron chi connectivity index (χ0n) is 11.7. The van der Waals surface area contributed by atoms with E-state index in [1.54, 1.807) is 0 Å². The second kappa shape index (κ2) is 6.93. The Hall–Kier alpha value is -1.56. The molecule has 2 rings (SSSR count). The van der Waals surface area contributed by atoms with Gasteiger partial charge in [0.25, 0.3) is 0 Å². The van der Waals surface area contributed by atoms with Crippen molar-refractivity contribution in [3.05, 3.63) is 35.4 Å². The molecule has 2 N–H and O–H groups in total. The minimum absolute atomic E-state index is 0.0463. The van der Waals surface area contributed by atoms with Gasteiger partial charge in [-0.1, -0.05) is 24.3 Å². The van der Waals surface area contributed by atoms with Crippen molar-refractivity contribution in [2.75, 3.05) is 6.54 Å². The van der Waals surface area contributed by atoms with Crippen molar-refractivity contribution in [3.63, 3.8) is 0 Å². The molecule has 0 aliphatic carbocycles. The van der Waals surface area contributed by atoms with Crippen molar-refractivity contribution in [2.24, 2.45) is 0 Å². The number of rotatable bonds is 5. The first-order valence-electron chi connectivity index (χ1n) is 7.10. The van der Waals surface area contributed by atoms with Gasteiger partial charge in [0.2, 0.25) is 5.91 Å². The first-order chi connectivity index (χ1) is 9.96. The molecule has 0 bridgehead atoms. The highest BCUT2D eigenvalue weighted by Gasteiger charge is 2.26. The monoisotopic (exact) mass is 300 g/mol. The first kappa shape index (κ1) is 15.8.